The second-order valence-corrected chi connectivity index (χ2v) is 10.1. The van der Waals surface area contributed by atoms with E-state index in [0.717, 1.165) is 36.1 Å². The molecule has 0 aromatic carbocycles. The van der Waals surface area contributed by atoms with Crippen LogP contribution in [0.3, 0.4) is 0 Å². The van der Waals surface area contributed by atoms with Crippen LogP contribution in [-0.2, 0) is 0 Å². The second-order valence-electron chi connectivity index (χ2n) is 10.1. The molecule has 4 aliphatic rings. The highest BCUT2D eigenvalue weighted by molar-refractivity contribution is 5.85. The highest BCUT2D eigenvalue weighted by atomic mass is 35.5. The zero-order valence-corrected chi connectivity index (χ0v) is 17.8. The minimum atomic E-state index is 0. The van der Waals surface area contributed by atoms with Crippen LogP contribution in [0, 0.1) is 29.6 Å². The number of hydrogen-bond acceptors (Lipinski definition) is 2. The molecule has 0 aromatic rings. The lowest BCUT2D eigenvalue weighted by atomic mass is 9.53. The molecule has 4 saturated carbocycles. The van der Waals surface area contributed by atoms with Gasteiger partial charge in [0.05, 0.1) is 0 Å². The molecule has 4 aliphatic carbocycles. The maximum Gasteiger partial charge on any atom is 0.0190 e. The molecule has 0 aliphatic heterocycles. The molecule has 3 heteroatoms. The van der Waals surface area contributed by atoms with Crippen molar-refractivity contribution in [3.63, 3.8) is 0 Å². The van der Waals surface area contributed by atoms with E-state index in [4.69, 9.17) is 0 Å². The van der Waals surface area contributed by atoms with Gasteiger partial charge >= 0.3 is 0 Å². The van der Waals surface area contributed by atoms with Crippen LogP contribution in [0.15, 0.2) is 0 Å². The highest BCUT2D eigenvalue weighted by Crippen LogP contribution is 2.55. The average molecular weight is 371 g/mol. The summed E-state index contributed by atoms with van der Waals surface area (Å²) in [6.07, 6.45) is 14.6. The number of hydrogen-bond donors (Lipinski definition) is 2. The first kappa shape index (κ1) is 21.5. The van der Waals surface area contributed by atoms with Gasteiger partial charge in [0.25, 0.3) is 0 Å². The fourth-order valence-corrected chi connectivity index (χ4v) is 6.24. The molecule has 0 amide bonds. The molecule has 0 heterocycles. The van der Waals surface area contributed by atoms with Crippen molar-refractivity contribution in [1.29, 1.82) is 0 Å². The van der Waals surface area contributed by atoms with E-state index in [-0.39, 0.29) is 12.4 Å². The Bertz CT molecular complexity index is 347. The van der Waals surface area contributed by atoms with Gasteiger partial charge in [-0.25, -0.2) is 0 Å². The third-order valence-corrected chi connectivity index (χ3v) is 7.13. The first-order valence-electron chi connectivity index (χ1n) is 11.0. The Morgan fingerprint density at radius 1 is 0.800 bits per heavy atom. The molecule has 0 spiro atoms. The first-order valence-corrected chi connectivity index (χ1v) is 11.0. The van der Waals surface area contributed by atoms with Crippen LogP contribution in [0.4, 0.5) is 0 Å². The van der Waals surface area contributed by atoms with Crippen molar-refractivity contribution in [3.05, 3.63) is 0 Å². The van der Waals surface area contributed by atoms with Crippen LogP contribution in [0.5, 0.6) is 0 Å². The lowest BCUT2D eigenvalue weighted by Gasteiger charge is -2.57. The van der Waals surface area contributed by atoms with Crippen molar-refractivity contribution in [3.8, 4) is 0 Å². The summed E-state index contributed by atoms with van der Waals surface area (Å²) in [4.78, 5) is 0. The molecule has 2 nitrogen and oxygen atoms in total. The van der Waals surface area contributed by atoms with Crippen LogP contribution in [-0.4, -0.2) is 25.2 Å². The van der Waals surface area contributed by atoms with Crippen molar-refractivity contribution in [1.82, 2.24) is 10.6 Å². The molecule has 4 bridgehead atoms. The van der Waals surface area contributed by atoms with E-state index in [1.807, 2.05) is 0 Å². The molecule has 2 N–H and O–H groups in total. The predicted molar refractivity (Wildman–Crippen MR) is 111 cm³/mol. The summed E-state index contributed by atoms with van der Waals surface area (Å²) in [5.41, 5.74) is 0.542. The monoisotopic (exact) mass is 370 g/mol. The Labute approximate surface area is 163 Å². The van der Waals surface area contributed by atoms with Crippen LogP contribution in [0.25, 0.3) is 0 Å². The maximum absolute atomic E-state index is 4.00. The fraction of sp³-hybridized carbons (Fsp3) is 1.00. The molecule has 1 atom stereocenters. The van der Waals surface area contributed by atoms with E-state index >= 15 is 0 Å². The summed E-state index contributed by atoms with van der Waals surface area (Å²) in [6, 6.07) is 0. The van der Waals surface area contributed by atoms with E-state index in [2.05, 4.69) is 31.4 Å². The fourth-order valence-electron chi connectivity index (χ4n) is 6.24. The second kappa shape index (κ2) is 9.95. The molecule has 0 aromatic heterocycles. The summed E-state index contributed by atoms with van der Waals surface area (Å²) in [5, 5.41) is 7.69. The summed E-state index contributed by atoms with van der Waals surface area (Å²) in [6.45, 7) is 10.6. The lowest BCUT2D eigenvalue weighted by molar-refractivity contribution is -0.0192. The standard InChI is InChI=1S/C22H42N2.ClH/c1-17(2)5-4-6-18(3)7-8-23-9-10-24-22-14-19-11-20(15-22)13-21(12-19)16-22;/h17-21,23-24H,4-16H2,1-3H3;1H. The van der Waals surface area contributed by atoms with E-state index in [1.54, 1.807) is 19.3 Å². The molecule has 4 rings (SSSR count). The Kier molecular flexibility index (Phi) is 8.56. The molecular formula is C22H43ClN2. The quantitative estimate of drug-likeness (QED) is 0.475. The SMILES string of the molecule is CC(C)CCCC(C)CCNCCNC12CC3CC(CC(C3)C1)C2.Cl. The average Bonchev–Trinajstić information content (AvgIpc) is 2.49. The number of rotatable bonds is 11. The molecule has 0 saturated heterocycles. The Hall–Kier alpha value is 0.210. The van der Waals surface area contributed by atoms with Gasteiger partial charge in [-0.2, -0.15) is 0 Å². The van der Waals surface area contributed by atoms with Crippen LogP contribution >= 0.6 is 12.4 Å². The highest BCUT2D eigenvalue weighted by Gasteiger charge is 2.50. The zero-order chi connectivity index (χ0) is 17.0. The Morgan fingerprint density at radius 2 is 1.40 bits per heavy atom. The van der Waals surface area contributed by atoms with Gasteiger partial charge in [-0.3, -0.25) is 0 Å². The topological polar surface area (TPSA) is 24.1 Å². The van der Waals surface area contributed by atoms with Gasteiger partial charge in [0.2, 0.25) is 0 Å². The normalized spacial score (nSPS) is 34.3. The summed E-state index contributed by atoms with van der Waals surface area (Å²) < 4.78 is 0. The summed E-state index contributed by atoms with van der Waals surface area (Å²) >= 11 is 0. The molecular weight excluding hydrogens is 328 g/mol. The van der Waals surface area contributed by atoms with Crippen molar-refractivity contribution in [2.24, 2.45) is 29.6 Å². The smallest absolute Gasteiger partial charge is 0.0190 e. The van der Waals surface area contributed by atoms with E-state index in [9.17, 15) is 0 Å². The minimum absolute atomic E-state index is 0. The van der Waals surface area contributed by atoms with E-state index < -0.39 is 0 Å². The molecule has 25 heavy (non-hydrogen) atoms. The van der Waals surface area contributed by atoms with Crippen molar-refractivity contribution in [2.75, 3.05) is 19.6 Å². The number of nitrogens with one attached hydrogen (secondary N) is 2. The molecule has 4 fully saturated rings. The third-order valence-electron chi connectivity index (χ3n) is 7.13. The van der Waals surface area contributed by atoms with Gasteiger partial charge in [-0.05, 0) is 81.1 Å². The van der Waals surface area contributed by atoms with Gasteiger partial charge in [-0.15, -0.1) is 12.4 Å². The first-order chi connectivity index (χ1) is 11.5. The van der Waals surface area contributed by atoms with Crippen LogP contribution < -0.4 is 10.6 Å². The largest absolute Gasteiger partial charge is 0.315 e. The van der Waals surface area contributed by atoms with E-state index in [0.29, 0.717) is 5.54 Å². The van der Waals surface area contributed by atoms with E-state index in [1.165, 1.54) is 58.0 Å². The molecule has 1 unspecified atom stereocenters. The van der Waals surface area contributed by atoms with Crippen molar-refractivity contribution in [2.45, 2.75) is 90.5 Å². The lowest BCUT2D eigenvalue weighted by Crippen LogP contribution is -2.59. The van der Waals surface area contributed by atoms with Gasteiger partial charge in [0.15, 0.2) is 0 Å². The van der Waals surface area contributed by atoms with Gasteiger partial charge in [0, 0.05) is 18.6 Å². The Balaban J connectivity index is 0.00000225. The van der Waals surface area contributed by atoms with Crippen molar-refractivity contribution >= 4 is 12.4 Å². The Morgan fingerprint density at radius 3 is 1.96 bits per heavy atom. The summed E-state index contributed by atoms with van der Waals surface area (Å²) in [5.74, 6) is 4.92. The maximum atomic E-state index is 4.00. The molecule has 148 valence electrons. The molecule has 0 radical (unpaired) electrons. The van der Waals surface area contributed by atoms with Gasteiger partial charge in [0.1, 0.15) is 0 Å². The van der Waals surface area contributed by atoms with Gasteiger partial charge in [-0.1, -0.05) is 40.0 Å². The zero-order valence-electron chi connectivity index (χ0n) is 17.0. The van der Waals surface area contributed by atoms with Crippen LogP contribution in [0.2, 0.25) is 0 Å². The van der Waals surface area contributed by atoms with Crippen LogP contribution in [0.1, 0.15) is 85.0 Å². The van der Waals surface area contributed by atoms with Gasteiger partial charge < -0.3 is 10.6 Å². The minimum Gasteiger partial charge on any atom is -0.315 e. The van der Waals surface area contributed by atoms with Crippen molar-refractivity contribution < 1.29 is 0 Å². The third kappa shape index (κ3) is 6.40. The predicted octanol–water partition coefficient (Wildman–Crippen LogP) is 5.41. The summed E-state index contributed by atoms with van der Waals surface area (Å²) in [7, 11) is 0. The number of halogens is 1.